The van der Waals surface area contributed by atoms with Crippen molar-refractivity contribution in [3.8, 4) is 5.75 Å². The Kier molecular flexibility index (Phi) is 4.77. The number of halogens is 4. The third-order valence-corrected chi connectivity index (χ3v) is 3.98. The summed E-state index contributed by atoms with van der Waals surface area (Å²) in [6, 6.07) is 3.91. The Balaban J connectivity index is 2.01. The Hall–Kier alpha value is -1.28. The van der Waals surface area contributed by atoms with Crippen molar-refractivity contribution in [2.24, 2.45) is 11.8 Å². The average Bonchev–Trinajstić information content (AvgIpc) is 2.29. The number of amides is 1. The van der Waals surface area contributed by atoms with Gasteiger partial charge >= 0.3 is 6.36 Å². The monoisotopic (exact) mass is 366 g/mol. The van der Waals surface area contributed by atoms with E-state index >= 15 is 0 Å². The number of benzene rings is 1. The lowest BCUT2D eigenvalue weighted by atomic mass is 9.88. The molecule has 1 heterocycles. The van der Waals surface area contributed by atoms with E-state index in [1.807, 2.05) is 6.92 Å². The van der Waals surface area contributed by atoms with Gasteiger partial charge in [0.15, 0.2) is 0 Å². The average molecular weight is 367 g/mol. The van der Waals surface area contributed by atoms with Crippen molar-refractivity contribution in [1.29, 1.82) is 0 Å². The molecule has 21 heavy (non-hydrogen) atoms. The molecule has 8 heteroatoms. The van der Waals surface area contributed by atoms with E-state index in [2.05, 4.69) is 31.3 Å². The summed E-state index contributed by atoms with van der Waals surface area (Å²) in [6.45, 7) is 3.43. The highest BCUT2D eigenvalue weighted by molar-refractivity contribution is 9.10. The van der Waals surface area contributed by atoms with E-state index in [1.54, 1.807) is 0 Å². The van der Waals surface area contributed by atoms with Gasteiger partial charge < -0.3 is 15.4 Å². The molecular weight excluding hydrogens is 353 g/mol. The van der Waals surface area contributed by atoms with Gasteiger partial charge in [0, 0.05) is 11.6 Å². The SMILES string of the molecule is CC(C(=O)Nc1ccc(OC(F)(F)F)c(Br)c1)C1CNC1. The van der Waals surface area contributed by atoms with Crippen molar-refractivity contribution in [2.45, 2.75) is 13.3 Å². The summed E-state index contributed by atoms with van der Waals surface area (Å²) in [5.41, 5.74) is 0.417. The number of hydrogen-bond donors (Lipinski definition) is 2. The van der Waals surface area contributed by atoms with Crippen LogP contribution in [0, 0.1) is 11.8 Å². The van der Waals surface area contributed by atoms with Crippen molar-refractivity contribution in [2.75, 3.05) is 18.4 Å². The van der Waals surface area contributed by atoms with Crippen LogP contribution in [0.25, 0.3) is 0 Å². The van der Waals surface area contributed by atoms with Gasteiger partial charge in [-0.3, -0.25) is 4.79 Å². The van der Waals surface area contributed by atoms with Gasteiger partial charge in [-0.1, -0.05) is 6.92 Å². The Morgan fingerprint density at radius 1 is 1.48 bits per heavy atom. The molecular formula is C13H14BrF3N2O2. The second-order valence-corrected chi connectivity index (χ2v) is 5.74. The highest BCUT2D eigenvalue weighted by atomic mass is 79.9. The minimum atomic E-state index is -4.75. The first-order valence-corrected chi connectivity index (χ1v) is 7.12. The van der Waals surface area contributed by atoms with Crippen molar-refractivity contribution in [1.82, 2.24) is 5.32 Å². The zero-order chi connectivity index (χ0) is 15.6. The fourth-order valence-electron chi connectivity index (χ4n) is 1.92. The first-order chi connectivity index (χ1) is 9.76. The van der Waals surface area contributed by atoms with E-state index < -0.39 is 6.36 Å². The molecule has 4 nitrogen and oxygen atoms in total. The van der Waals surface area contributed by atoms with Gasteiger partial charge in [-0.25, -0.2) is 0 Å². The smallest absolute Gasteiger partial charge is 0.405 e. The van der Waals surface area contributed by atoms with Gasteiger partial charge in [0.1, 0.15) is 5.75 Å². The summed E-state index contributed by atoms with van der Waals surface area (Å²) in [6.07, 6.45) is -4.75. The molecule has 1 aliphatic heterocycles. The highest BCUT2D eigenvalue weighted by Crippen LogP contribution is 2.32. The van der Waals surface area contributed by atoms with Gasteiger partial charge in [-0.2, -0.15) is 0 Å². The number of nitrogens with one attached hydrogen (secondary N) is 2. The fraction of sp³-hybridized carbons (Fsp3) is 0.462. The van der Waals surface area contributed by atoms with E-state index in [9.17, 15) is 18.0 Å². The summed E-state index contributed by atoms with van der Waals surface area (Å²) in [5.74, 6) is -0.368. The lowest BCUT2D eigenvalue weighted by Crippen LogP contribution is -2.48. The minimum Gasteiger partial charge on any atom is -0.405 e. The predicted molar refractivity (Wildman–Crippen MR) is 75.0 cm³/mol. The summed E-state index contributed by atoms with van der Waals surface area (Å²) in [5, 5.41) is 5.78. The molecule has 2 rings (SSSR count). The van der Waals surface area contributed by atoms with E-state index in [0.29, 0.717) is 11.6 Å². The number of carbonyl (C=O) groups excluding carboxylic acids is 1. The van der Waals surface area contributed by atoms with Crippen LogP contribution in [0.5, 0.6) is 5.75 Å². The lowest BCUT2D eigenvalue weighted by Gasteiger charge is -2.31. The van der Waals surface area contributed by atoms with Crippen LogP contribution in [0.4, 0.5) is 18.9 Å². The molecule has 0 radical (unpaired) electrons. The molecule has 1 saturated heterocycles. The number of alkyl halides is 3. The second-order valence-electron chi connectivity index (χ2n) is 4.89. The topological polar surface area (TPSA) is 50.4 Å². The van der Waals surface area contributed by atoms with Gasteiger partial charge in [0.2, 0.25) is 5.91 Å². The van der Waals surface area contributed by atoms with Crippen molar-refractivity contribution in [3.63, 3.8) is 0 Å². The molecule has 1 aromatic carbocycles. The van der Waals surface area contributed by atoms with Crippen LogP contribution in [-0.4, -0.2) is 25.4 Å². The summed E-state index contributed by atoms with van der Waals surface area (Å²) in [4.78, 5) is 12.0. The van der Waals surface area contributed by atoms with Crippen LogP contribution < -0.4 is 15.4 Å². The summed E-state index contributed by atoms with van der Waals surface area (Å²) < 4.78 is 40.4. The minimum absolute atomic E-state index is 0.121. The molecule has 0 bridgehead atoms. The van der Waals surface area contributed by atoms with Crippen molar-refractivity contribution in [3.05, 3.63) is 22.7 Å². The van der Waals surface area contributed by atoms with Gasteiger partial charge in [-0.05, 0) is 53.1 Å². The maximum Gasteiger partial charge on any atom is 0.573 e. The largest absolute Gasteiger partial charge is 0.573 e. The molecule has 116 valence electrons. The molecule has 1 aliphatic rings. The van der Waals surface area contributed by atoms with E-state index in [1.165, 1.54) is 12.1 Å². The molecule has 1 fully saturated rings. The molecule has 0 saturated carbocycles. The number of rotatable bonds is 4. The maximum absolute atomic E-state index is 12.2. The molecule has 1 aromatic rings. The molecule has 1 atom stereocenters. The van der Waals surface area contributed by atoms with Crippen molar-refractivity contribution >= 4 is 27.5 Å². The molecule has 0 aliphatic carbocycles. The maximum atomic E-state index is 12.2. The van der Waals surface area contributed by atoms with Crippen LogP contribution >= 0.6 is 15.9 Å². The van der Waals surface area contributed by atoms with Crippen LogP contribution in [0.15, 0.2) is 22.7 Å². The van der Waals surface area contributed by atoms with Crippen LogP contribution in [0.1, 0.15) is 6.92 Å². The Bertz CT molecular complexity index is 533. The Morgan fingerprint density at radius 2 is 2.14 bits per heavy atom. The second kappa shape index (κ2) is 6.23. The third kappa shape index (κ3) is 4.34. The van der Waals surface area contributed by atoms with E-state index in [4.69, 9.17) is 0 Å². The van der Waals surface area contributed by atoms with Crippen LogP contribution in [0.2, 0.25) is 0 Å². The molecule has 1 unspecified atom stereocenters. The van der Waals surface area contributed by atoms with Gasteiger partial charge in [0.25, 0.3) is 0 Å². The summed E-state index contributed by atoms with van der Waals surface area (Å²) >= 11 is 2.99. The fourth-order valence-corrected chi connectivity index (χ4v) is 2.38. The van der Waals surface area contributed by atoms with Gasteiger partial charge in [0.05, 0.1) is 4.47 Å². The van der Waals surface area contributed by atoms with Gasteiger partial charge in [-0.15, -0.1) is 13.2 Å². The van der Waals surface area contributed by atoms with Crippen LogP contribution in [-0.2, 0) is 4.79 Å². The lowest BCUT2D eigenvalue weighted by molar-refractivity contribution is -0.274. The first-order valence-electron chi connectivity index (χ1n) is 6.33. The third-order valence-electron chi connectivity index (χ3n) is 3.36. The van der Waals surface area contributed by atoms with Crippen LogP contribution in [0.3, 0.4) is 0 Å². The Labute approximate surface area is 128 Å². The number of anilines is 1. The Morgan fingerprint density at radius 3 is 2.62 bits per heavy atom. The molecule has 2 N–H and O–H groups in total. The molecule has 1 amide bonds. The highest BCUT2D eigenvalue weighted by Gasteiger charge is 2.32. The standard InChI is InChI=1S/C13H14BrF3N2O2/c1-7(8-5-18-6-8)12(20)19-9-2-3-11(10(14)4-9)21-13(15,16)17/h2-4,7-8,18H,5-6H2,1H3,(H,19,20). The number of carbonyl (C=O) groups is 1. The number of ether oxygens (including phenoxy) is 1. The van der Waals surface area contributed by atoms with E-state index in [-0.39, 0.29) is 22.0 Å². The molecule has 0 spiro atoms. The normalized spacial score (nSPS) is 17.0. The quantitative estimate of drug-likeness (QED) is 0.860. The first kappa shape index (κ1) is 16.1. The zero-order valence-corrected chi connectivity index (χ0v) is 12.7. The zero-order valence-electron chi connectivity index (χ0n) is 11.1. The summed E-state index contributed by atoms with van der Waals surface area (Å²) in [7, 11) is 0. The number of hydrogen-bond acceptors (Lipinski definition) is 3. The van der Waals surface area contributed by atoms with Crippen molar-refractivity contribution < 1.29 is 22.7 Å². The molecule has 0 aromatic heterocycles. The predicted octanol–water partition coefficient (Wildman–Crippen LogP) is 3.14. The van der Waals surface area contributed by atoms with E-state index in [0.717, 1.165) is 19.2 Å².